The molecule has 0 spiro atoms. The highest BCUT2D eigenvalue weighted by molar-refractivity contribution is 5.48. The van der Waals surface area contributed by atoms with Gasteiger partial charge >= 0.3 is 0 Å². The van der Waals surface area contributed by atoms with Crippen LogP contribution in [0.2, 0.25) is 0 Å². The highest BCUT2D eigenvalue weighted by Crippen LogP contribution is 2.19. The Morgan fingerprint density at radius 1 is 1.11 bits per heavy atom. The molecule has 5 nitrogen and oxygen atoms in total. The number of aromatic nitrogens is 4. The molecule has 0 unspecified atom stereocenters. The predicted octanol–water partition coefficient (Wildman–Crippen LogP) is 1.93. The first-order chi connectivity index (χ1) is 9.10. The van der Waals surface area contributed by atoms with Gasteiger partial charge in [-0.05, 0) is 25.3 Å². The topological polar surface area (TPSA) is 61.7 Å². The van der Waals surface area contributed by atoms with Gasteiger partial charge in [0.2, 0.25) is 0 Å². The molecule has 2 N–H and O–H groups in total. The summed E-state index contributed by atoms with van der Waals surface area (Å²) < 4.78 is 3.95. The minimum absolute atomic E-state index is 0.733. The summed E-state index contributed by atoms with van der Waals surface area (Å²) in [6, 6.07) is 2.14. The van der Waals surface area contributed by atoms with Crippen LogP contribution in [0.3, 0.4) is 0 Å². The lowest BCUT2D eigenvalue weighted by Gasteiger charge is -2.06. The van der Waals surface area contributed by atoms with Crippen LogP contribution in [0.15, 0.2) is 6.07 Å². The molecule has 5 heteroatoms. The van der Waals surface area contributed by atoms with Crippen molar-refractivity contribution in [2.45, 2.75) is 46.6 Å². The van der Waals surface area contributed by atoms with Crippen molar-refractivity contribution in [3.63, 3.8) is 0 Å². The predicted molar refractivity (Wildman–Crippen MR) is 77.1 cm³/mol. The van der Waals surface area contributed by atoms with Crippen LogP contribution >= 0.6 is 0 Å². The molecule has 2 aromatic rings. The summed E-state index contributed by atoms with van der Waals surface area (Å²) in [5.41, 5.74) is 11.4. The third kappa shape index (κ3) is 2.50. The van der Waals surface area contributed by atoms with Crippen molar-refractivity contribution in [2.24, 2.45) is 7.05 Å². The molecule has 0 aliphatic carbocycles. The second-order valence-electron chi connectivity index (χ2n) is 4.78. The van der Waals surface area contributed by atoms with Gasteiger partial charge in [0.1, 0.15) is 0 Å². The number of rotatable bonds is 5. The number of anilines is 1. The lowest BCUT2D eigenvalue weighted by molar-refractivity contribution is 0.592. The smallest absolute Gasteiger partial charge is 0.0854 e. The summed E-state index contributed by atoms with van der Waals surface area (Å²) in [6.07, 6.45) is 2.73. The van der Waals surface area contributed by atoms with Gasteiger partial charge in [-0.15, -0.1) is 0 Å². The molecule has 0 atom stereocenters. The minimum Gasteiger partial charge on any atom is -0.396 e. The van der Waals surface area contributed by atoms with Crippen molar-refractivity contribution in [1.29, 1.82) is 0 Å². The van der Waals surface area contributed by atoms with Crippen molar-refractivity contribution in [3.05, 3.63) is 28.8 Å². The fraction of sp³-hybridized carbons (Fsp3) is 0.571. The molecule has 0 saturated heterocycles. The van der Waals surface area contributed by atoms with E-state index in [-0.39, 0.29) is 0 Å². The van der Waals surface area contributed by atoms with E-state index in [9.17, 15) is 0 Å². The SMILES string of the molecule is CCc1cc(Cn2nc(CC)c(N)c2CC)n(C)n1. The third-order valence-corrected chi connectivity index (χ3v) is 3.55. The quantitative estimate of drug-likeness (QED) is 0.894. The van der Waals surface area contributed by atoms with Gasteiger partial charge in [-0.2, -0.15) is 10.2 Å². The molecule has 0 amide bonds. The lowest BCUT2D eigenvalue weighted by Crippen LogP contribution is -2.10. The Morgan fingerprint density at radius 2 is 1.84 bits per heavy atom. The molecule has 0 aromatic carbocycles. The summed E-state index contributed by atoms with van der Waals surface area (Å²) in [5, 5.41) is 9.10. The summed E-state index contributed by atoms with van der Waals surface area (Å²) in [7, 11) is 1.98. The van der Waals surface area contributed by atoms with Crippen LogP contribution in [0.1, 0.15) is 43.5 Å². The van der Waals surface area contributed by atoms with Gasteiger partial charge in [0.15, 0.2) is 0 Å². The average molecular weight is 261 g/mol. The molecule has 2 heterocycles. The number of hydrogen-bond acceptors (Lipinski definition) is 3. The summed E-state index contributed by atoms with van der Waals surface area (Å²) in [4.78, 5) is 0. The molecule has 0 saturated carbocycles. The normalized spacial score (nSPS) is 11.2. The zero-order chi connectivity index (χ0) is 14.0. The Morgan fingerprint density at radius 3 is 2.37 bits per heavy atom. The van der Waals surface area contributed by atoms with Crippen LogP contribution in [0.4, 0.5) is 5.69 Å². The van der Waals surface area contributed by atoms with E-state index in [4.69, 9.17) is 5.73 Å². The van der Waals surface area contributed by atoms with Crippen LogP contribution in [0.25, 0.3) is 0 Å². The maximum Gasteiger partial charge on any atom is 0.0854 e. The highest BCUT2D eigenvalue weighted by Gasteiger charge is 2.14. The zero-order valence-corrected chi connectivity index (χ0v) is 12.3. The van der Waals surface area contributed by atoms with Crippen molar-refractivity contribution >= 4 is 5.69 Å². The van der Waals surface area contributed by atoms with Gasteiger partial charge < -0.3 is 5.73 Å². The number of nitrogens with zero attached hydrogens (tertiary/aromatic N) is 4. The first kappa shape index (κ1) is 13.6. The van der Waals surface area contributed by atoms with Crippen molar-refractivity contribution in [1.82, 2.24) is 19.6 Å². The molecule has 104 valence electrons. The molecule has 0 aliphatic heterocycles. The van der Waals surface area contributed by atoms with Gasteiger partial charge in [-0.3, -0.25) is 9.36 Å². The highest BCUT2D eigenvalue weighted by atomic mass is 15.3. The van der Waals surface area contributed by atoms with E-state index in [1.165, 1.54) is 0 Å². The Labute approximate surface area is 114 Å². The standard InChI is InChI=1S/C14H23N5/c1-5-10-8-11(18(4)16-10)9-19-13(7-3)14(15)12(6-2)17-19/h8H,5-7,9,15H2,1-4H3. The van der Waals surface area contributed by atoms with Crippen LogP contribution in [-0.4, -0.2) is 19.6 Å². The van der Waals surface area contributed by atoms with Crippen LogP contribution in [-0.2, 0) is 32.9 Å². The zero-order valence-electron chi connectivity index (χ0n) is 12.3. The van der Waals surface area contributed by atoms with E-state index in [1.807, 2.05) is 16.4 Å². The van der Waals surface area contributed by atoms with Crippen LogP contribution < -0.4 is 5.73 Å². The van der Waals surface area contributed by atoms with Crippen LogP contribution in [0.5, 0.6) is 0 Å². The van der Waals surface area contributed by atoms with Crippen LogP contribution in [0, 0.1) is 0 Å². The number of hydrogen-bond donors (Lipinski definition) is 1. The van der Waals surface area contributed by atoms with Gasteiger partial charge in [-0.25, -0.2) is 0 Å². The summed E-state index contributed by atoms with van der Waals surface area (Å²) in [6.45, 7) is 7.05. The number of nitrogen functional groups attached to an aromatic ring is 1. The number of nitrogens with two attached hydrogens (primary N) is 1. The van der Waals surface area contributed by atoms with E-state index in [0.29, 0.717) is 0 Å². The van der Waals surface area contributed by atoms with Gasteiger partial charge in [0.25, 0.3) is 0 Å². The van der Waals surface area contributed by atoms with Gasteiger partial charge in [-0.1, -0.05) is 20.8 Å². The van der Waals surface area contributed by atoms with Crippen molar-refractivity contribution in [2.75, 3.05) is 5.73 Å². The monoisotopic (exact) mass is 261 g/mol. The van der Waals surface area contributed by atoms with Gasteiger partial charge in [0, 0.05) is 7.05 Å². The number of aryl methyl sites for hydroxylation is 3. The third-order valence-electron chi connectivity index (χ3n) is 3.55. The average Bonchev–Trinajstić information content (AvgIpc) is 2.91. The Bertz CT molecular complexity index is 565. The molecule has 0 fully saturated rings. The van der Waals surface area contributed by atoms with E-state index >= 15 is 0 Å². The Kier molecular flexibility index (Phi) is 3.93. The Balaban J connectivity index is 2.34. The molecule has 2 aromatic heterocycles. The first-order valence-corrected chi connectivity index (χ1v) is 6.96. The lowest BCUT2D eigenvalue weighted by atomic mass is 10.2. The van der Waals surface area contributed by atoms with Crippen molar-refractivity contribution in [3.8, 4) is 0 Å². The molecule has 19 heavy (non-hydrogen) atoms. The fourth-order valence-corrected chi connectivity index (χ4v) is 2.38. The minimum atomic E-state index is 0.733. The maximum atomic E-state index is 6.14. The van der Waals surface area contributed by atoms with Crippen molar-refractivity contribution < 1.29 is 0 Å². The molecule has 2 rings (SSSR count). The van der Waals surface area contributed by atoms with E-state index in [1.54, 1.807) is 0 Å². The summed E-state index contributed by atoms with van der Waals surface area (Å²) in [5.74, 6) is 0. The first-order valence-electron chi connectivity index (χ1n) is 6.96. The summed E-state index contributed by atoms with van der Waals surface area (Å²) >= 11 is 0. The fourth-order valence-electron chi connectivity index (χ4n) is 2.38. The van der Waals surface area contributed by atoms with Gasteiger partial charge in [0.05, 0.1) is 35.0 Å². The largest absolute Gasteiger partial charge is 0.396 e. The maximum absolute atomic E-state index is 6.14. The van der Waals surface area contributed by atoms with E-state index < -0.39 is 0 Å². The van der Waals surface area contributed by atoms with E-state index in [0.717, 1.165) is 54.3 Å². The van der Waals surface area contributed by atoms with E-state index in [2.05, 4.69) is 37.0 Å². The molecule has 0 radical (unpaired) electrons. The second kappa shape index (κ2) is 5.47. The molecular formula is C14H23N5. The molecule has 0 bridgehead atoms. The second-order valence-corrected chi connectivity index (χ2v) is 4.78. The molecule has 0 aliphatic rings. The molecular weight excluding hydrogens is 238 g/mol. The Hall–Kier alpha value is -1.78.